The molecule has 28 nitrogen and oxygen atoms in total. The molecule has 28 heteroatoms. The van der Waals surface area contributed by atoms with Gasteiger partial charge < -0.3 is 85.9 Å². The predicted octanol–water partition coefficient (Wildman–Crippen LogP) is 2.02. The molecule has 18 N–H and O–H groups in total. The van der Waals surface area contributed by atoms with Gasteiger partial charge in [-0.3, -0.25) is 57.5 Å². The van der Waals surface area contributed by atoms with E-state index in [1.54, 1.807) is 60.7 Å². The Balaban J connectivity index is 1.64. The number of nitrogens with two attached hydrogens (primary N) is 4. The second-order valence-electron chi connectivity index (χ2n) is 30.0. The van der Waals surface area contributed by atoms with E-state index in [-0.39, 0.29) is 140 Å². The zero-order chi connectivity index (χ0) is 76.4. The average molecular weight is 1450 g/mol. The molecule has 12 amide bonds. The number of carbonyl (C=O) groups excluding carboxylic acids is 12. The van der Waals surface area contributed by atoms with Gasteiger partial charge >= 0.3 is 0 Å². The standard InChI is InChI=1S/C76H124N16O12/c1-47(2)41-57-70(98)83-55(31-17-21-37-79)68(96)89-61(45-51-25-11-9-12-26-51)75(103)91-39-23-33-63(91)73(101)84-56(32-18-22-38-80)67(95)86-58(42-48(3)4)69(97)81-53(29-15-19-35-77)66(94)87-59(43-49(5)6)72(100)90-62(46-52-27-13-10-14-28-52)76(104)92-40-24-34-64(92)74(102)88-60(44-50(7)8)71(99)82-54(65(93)85-57)30-16-20-36-78/h9-14,25-28,47-50,53-64H,15-24,29-46,77-80H2,1-8H3,(H,81,97)(H,82,99)(H,83,98)(H,84,101)(H,85,93)(H,86,95)(H,87,94)(H,88,102)(H,89,96)(H,90,100)/t53-,54-,55-,56-,57-,58-,59-,60-,61+,62+,63-,64-/m0/s1. The molecule has 0 spiro atoms. The second-order valence-corrected chi connectivity index (χ2v) is 30.0. The first kappa shape index (κ1) is 86.6. The van der Waals surface area contributed by atoms with Gasteiger partial charge in [0.2, 0.25) is 70.9 Å². The van der Waals surface area contributed by atoms with Crippen LogP contribution in [0.15, 0.2) is 60.7 Å². The highest BCUT2D eigenvalue weighted by molar-refractivity contribution is 6.00. The summed E-state index contributed by atoms with van der Waals surface area (Å²) < 4.78 is 0. The van der Waals surface area contributed by atoms with E-state index in [0.717, 1.165) is 0 Å². The van der Waals surface area contributed by atoms with Gasteiger partial charge in [-0.2, -0.15) is 0 Å². The number of hydrogen-bond donors (Lipinski definition) is 14. The van der Waals surface area contributed by atoms with E-state index in [1.165, 1.54) is 9.80 Å². The number of carbonyl (C=O) groups is 12. The maximum absolute atomic E-state index is 15.2. The fourth-order valence-corrected chi connectivity index (χ4v) is 13.7. The van der Waals surface area contributed by atoms with Crippen LogP contribution in [-0.2, 0) is 70.4 Å². The molecule has 3 fully saturated rings. The van der Waals surface area contributed by atoms with Crippen LogP contribution in [0, 0.1) is 23.7 Å². The quantitative estimate of drug-likeness (QED) is 0.0542. The van der Waals surface area contributed by atoms with E-state index in [0.29, 0.717) is 75.3 Å². The third-order valence-electron chi connectivity index (χ3n) is 19.2. The SMILES string of the molecule is CC(C)C[C@@H]1NC(=O)[C@H](CCCCN)NC(=O)[C@H](CC(C)C)NC(=O)[C@@H]2CCCN2C(=O)[C@@H](Cc2ccccc2)NC(=O)[C@H](CC(C)C)NC(=O)[C@H](CCCCN)NC(=O)[C@H](CC(C)C)NC(=O)[C@H](CCCCN)NC(=O)[C@@H]2CCCN2C(=O)[C@@H](Cc2ccccc2)NC(=O)[C@H](CCCCN)NC1=O. The molecule has 12 atom stereocenters. The first-order chi connectivity index (χ1) is 49.7. The second kappa shape index (κ2) is 45.3. The molecule has 3 heterocycles. The predicted molar refractivity (Wildman–Crippen MR) is 399 cm³/mol. The molecule has 5 rings (SSSR count). The first-order valence-electron chi connectivity index (χ1n) is 38.2. The lowest BCUT2D eigenvalue weighted by Crippen LogP contribution is -2.61. The summed E-state index contributed by atoms with van der Waals surface area (Å²) in [5, 5.41) is 28.9. The zero-order valence-corrected chi connectivity index (χ0v) is 62.9. The van der Waals surface area contributed by atoms with Crippen molar-refractivity contribution in [2.24, 2.45) is 46.6 Å². The number of fused-ring (bicyclic) bond motifs is 2. The minimum Gasteiger partial charge on any atom is -0.343 e. The van der Waals surface area contributed by atoms with Gasteiger partial charge in [-0.25, -0.2) is 0 Å². The summed E-state index contributed by atoms with van der Waals surface area (Å²) in [6, 6.07) is 3.20. The van der Waals surface area contributed by atoms with Crippen LogP contribution < -0.4 is 76.1 Å². The van der Waals surface area contributed by atoms with Crippen LogP contribution in [-0.4, -0.2) is 192 Å². The van der Waals surface area contributed by atoms with Crippen LogP contribution in [0.5, 0.6) is 0 Å². The molecule has 0 unspecified atom stereocenters. The molecule has 0 bridgehead atoms. The highest BCUT2D eigenvalue weighted by Crippen LogP contribution is 2.24. The lowest BCUT2D eigenvalue weighted by atomic mass is 9.99. The Morgan fingerprint density at radius 1 is 0.308 bits per heavy atom. The Kier molecular flexibility index (Phi) is 37.7. The summed E-state index contributed by atoms with van der Waals surface area (Å²) in [7, 11) is 0. The Bertz CT molecular complexity index is 3090. The molecule has 104 heavy (non-hydrogen) atoms. The maximum Gasteiger partial charge on any atom is 0.246 e. The number of rotatable bonds is 28. The number of nitrogens with one attached hydrogen (secondary N) is 10. The summed E-state index contributed by atoms with van der Waals surface area (Å²) in [6.07, 6.45) is 5.37. The van der Waals surface area contributed by atoms with Crippen molar-refractivity contribution in [3.8, 4) is 0 Å². The lowest BCUT2D eigenvalue weighted by molar-refractivity contribution is -0.143. The minimum absolute atomic E-state index is 0.0123. The minimum atomic E-state index is -1.28. The van der Waals surface area contributed by atoms with Gasteiger partial charge in [-0.15, -0.1) is 0 Å². The first-order valence-corrected chi connectivity index (χ1v) is 38.2. The van der Waals surface area contributed by atoms with Crippen LogP contribution in [0.4, 0.5) is 0 Å². The highest BCUT2D eigenvalue weighted by atomic mass is 16.2. The van der Waals surface area contributed by atoms with E-state index < -0.39 is 143 Å². The normalized spacial score (nSPS) is 25.5. The topological polar surface area (TPSA) is 436 Å². The van der Waals surface area contributed by atoms with Crippen LogP contribution >= 0.6 is 0 Å². The smallest absolute Gasteiger partial charge is 0.246 e. The summed E-state index contributed by atoms with van der Waals surface area (Å²) in [4.78, 5) is 182. The Morgan fingerprint density at radius 2 is 0.529 bits per heavy atom. The molecule has 3 aliphatic rings. The summed E-state index contributed by atoms with van der Waals surface area (Å²) in [6.45, 7) is 16.2. The third kappa shape index (κ3) is 28.8. The molecule has 0 aliphatic carbocycles. The molecule has 2 aromatic rings. The molecule has 2 aromatic carbocycles. The molecular formula is C76H124N16O12. The van der Waals surface area contributed by atoms with Crippen molar-refractivity contribution >= 4 is 70.9 Å². The maximum atomic E-state index is 15.2. The van der Waals surface area contributed by atoms with Crippen LogP contribution in [0.3, 0.4) is 0 Å². The molecule has 3 saturated heterocycles. The molecule has 0 radical (unpaired) electrons. The van der Waals surface area contributed by atoms with Crippen LogP contribution in [0.2, 0.25) is 0 Å². The fraction of sp³-hybridized carbons (Fsp3) is 0.684. The van der Waals surface area contributed by atoms with E-state index in [9.17, 15) is 47.9 Å². The van der Waals surface area contributed by atoms with E-state index in [2.05, 4.69) is 53.2 Å². The van der Waals surface area contributed by atoms with E-state index in [4.69, 9.17) is 22.9 Å². The van der Waals surface area contributed by atoms with Gasteiger partial charge in [0.25, 0.3) is 0 Å². The van der Waals surface area contributed by atoms with Gasteiger partial charge in [0.05, 0.1) is 0 Å². The third-order valence-corrected chi connectivity index (χ3v) is 19.2. The van der Waals surface area contributed by atoms with Crippen molar-refractivity contribution in [2.45, 2.75) is 269 Å². The van der Waals surface area contributed by atoms with Gasteiger partial charge in [0.15, 0.2) is 0 Å². The van der Waals surface area contributed by atoms with Crippen molar-refractivity contribution in [2.75, 3.05) is 39.3 Å². The van der Waals surface area contributed by atoms with Crippen molar-refractivity contribution < 1.29 is 57.5 Å². The van der Waals surface area contributed by atoms with Crippen LogP contribution in [0.25, 0.3) is 0 Å². The zero-order valence-electron chi connectivity index (χ0n) is 62.9. The largest absolute Gasteiger partial charge is 0.343 e. The summed E-state index contributed by atoms with van der Waals surface area (Å²) >= 11 is 0. The monoisotopic (exact) mass is 1450 g/mol. The van der Waals surface area contributed by atoms with Crippen molar-refractivity contribution in [3.63, 3.8) is 0 Å². The summed E-state index contributed by atoms with van der Waals surface area (Å²) in [5.41, 5.74) is 25.1. The number of unbranched alkanes of at least 4 members (excludes halogenated alkanes) is 4. The molecule has 0 saturated carbocycles. The van der Waals surface area contributed by atoms with Gasteiger partial charge in [0, 0.05) is 25.9 Å². The van der Waals surface area contributed by atoms with E-state index in [1.807, 2.05) is 55.4 Å². The lowest BCUT2D eigenvalue weighted by Gasteiger charge is -2.32. The Hall–Kier alpha value is -8.08. The molecular weight excluding hydrogens is 1330 g/mol. The van der Waals surface area contributed by atoms with Gasteiger partial charge in [-0.05, 0) is 189 Å². The van der Waals surface area contributed by atoms with Crippen molar-refractivity contribution in [1.29, 1.82) is 0 Å². The van der Waals surface area contributed by atoms with Crippen molar-refractivity contribution in [3.05, 3.63) is 71.8 Å². The number of hydrogen-bond acceptors (Lipinski definition) is 16. The Labute approximate surface area is 615 Å². The average Bonchev–Trinajstić information content (AvgIpc) is 0.939. The molecule has 3 aliphatic heterocycles. The van der Waals surface area contributed by atoms with Crippen molar-refractivity contribution in [1.82, 2.24) is 63.0 Å². The number of amides is 12. The fourth-order valence-electron chi connectivity index (χ4n) is 13.7. The molecule has 0 aromatic heterocycles. The number of nitrogens with zero attached hydrogens (tertiary/aromatic N) is 2. The molecule has 580 valence electrons. The van der Waals surface area contributed by atoms with Crippen LogP contribution in [0.1, 0.15) is 195 Å². The van der Waals surface area contributed by atoms with Gasteiger partial charge in [-0.1, -0.05) is 116 Å². The Morgan fingerprint density at radius 3 is 0.779 bits per heavy atom. The van der Waals surface area contributed by atoms with Gasteiger partial charge in [0.1, 0.15) is 72.5 Å². The highest BCUT2D eigenvalue weighted by Gasteiger charge is 2.43. The van der Waals surface area contributed by atoms with E-state index >= 15 is 9.59 Å². The summed E-state index contributed by atoms with van der Waals surface area (Å²) in [5.74, 6) is -8.87. The number of benzene rings is 2.